The average molecular weight is 371 g/mol. The first kappa shape index (κ1) is 21.2. The Balaban J connectivity index is 1.88. The molecule has 0 spiro atoms. The lowest BCUT2D eigenvalue weighted by atomic mass is 10.1. The molecule has 1 aromatic heterocycles. The van der Waals surface area contributed by atoms with Crippen molar-refractivity contribution in [2.24, 2.45) is 0 Å². The van der Waals surface area contributed by atoms with Crippen LogP contribution in [0.5, 0.6) is 0 Å². The Labute approximate surface area is 154 Å². The van der Waals surface area contributed by atoms with Crippen molar-refractivity contribution < 1.29 is 9.53 Å². The summed E-state index contributed by atoms with van der Waals surface area (Å²) >= 11 is 0. The van der Waals surface area contributed by atoms with Crippen LogP contribution < -0.4 is 5.32 Å². The molecule has 0 saturated heterocycles. The first-order chi connectivity index (χ1) is 11.7. The quantitative estimate of drug-likeness (QED) is 0.361. The molecule has 0 atom stereocenters. The third-order valence-corrected chi connectivity index (χ3v) is 5.78. The predicted octanol–water partition coefficient (Wildman–Crippen LogP) is 5.61. The molecule has 0 unspecified atom stereocenters. The van der Waals surface area contributed by atoms with E-state index in [1.165, 1.54) is 37.7 Å². The summed E-state index contributed by atoms with van der Waals surface area (Å²) in [5.74, 6) is 0.935. The zero-order valence-electron chi connectivity index (χ0n) is 14.9. The summed E-state index contributed by atoms with van der Waals surface area (Å²) in [6.45, 7) is 5.43. The van der Waals surface area contributed by atoms with Crippen molar-refractivity contribution in [2.45, 2.75) is 63.8 Å². The summed E-state index contributed by atoms with van der Waals surface area (Å²) in [4.78, 5) is 15.8. The molecule has 24 heavy (non-hydrogen) atoms. The molecular formula is C18H30N2O2S2. The van der Waals surface area contributed by atoms with E-state index < -0.39 is 0 Å². The maximum atomic E-state index is 11.5. The highest BCUT2D eigenvalue weighted by Crippen LogP contribution is 2.29. The van der Waals surface area contributed by atoms with Crippen LogP contribution in [-0.2, 0) is 4.74 Å². The molecule has 1 N–H and O–H groups in total. The highest BCUT2D eigenvalue weighted by Gasteiger charge is 2.01. The number of carbonyl (C=O) groups is 1. The molecule has 0 aliphatic carbocycles. The number of aromatic nitrogens is 1. The molecule has 0 aromatic carbocycles. The Morgan fingerprint density at radius 2 is 1.96 bits per heavy atom. The van der Waals surface area contributed by atoms with Gasteiger partial charge in [-0.15, -0.1) is 0 Å². The number of carbonyl (C=O) groups excluding carboxylic acids is 1. The summed E-state index contributed by atoms with van der Waals surface area (Å²) in [6, 6.07) is 4.09. The lowest BCUT2D eigenvalue weighted by Gasteiger charge is -2.07. The van der Waals surface area contributed by atoms with Crippen LogP contribution in [0.3, 0.4) is 0 Å². The number of alkyl carbamates (subject to hydrolysis) is 1. The lowest BCUT2D eigenvalue weighted by molar-refractivity contribution is 0.146. The van der Waals surface area contributed by atoms with Gasteiger partial charge in [-0.2, -0.15) is 0 Å². The van der Waals surface area contributed by atoms with Crippen molar-refractivity contribution >= 4 is 27.7 Å². The van der Waals surface area contributed by atoms with E-state index in [-0.39, 0.29) is 6.09 Å². The monoisotopic (exact) mass is 370 g/mol. The number of unbranched alkanes of at least 4 members (excludes halogenated alkanes) is 5. The molecular weight excluding hydrogens is 340 g/mol. The second kappa shape index (κ2) is 14.5. The van der Waals surface area contributed by atoms with Crippen molar-refractivity contribution in [1.29, 1.82) is 0 Å². The third kappa shape index (κ3) is 11.6. The maximum Gasteiger partial charge on any atom is 0.407 e. The molecule has 6 heteroatoms. The van der Waals surface area contributed by atoms with Gasteiger partial charge < -0.3 is 10.1 Å². The highest BCUT2D eigenvalue weighted by atomic mass is 33.1. The van der Waals surface area contributed by atoms with Gasteiger partial charge in [-0.05, 0) is 42.2 Å². The smallest absolute Gasteiger partial charge is 0.407 e. The van der Waals surface area contributed by atoms with E-state index in [1.807, 2.05) is 19.2 Å². The molecule has 136 valence electrons. The largest absolute Gasteiger partial charge is 0.450 e. The van der Waals surface area contributed by atoms with Crippen LogP contribution in [-0.4, -0.2) is 30.0 Å². The van der Waals surface area contributed by atoms with Gasteiger partial charge in [0.25, 0.3) is 0 Å². The number of rotatable bonds is 13. The van der Waals surface area contributed by atoms with E-state index in [2.05, 4.69) is 23.3 Å². The van der Waals surface area contributed by atoms with Gasteiger partial charge in [0.2, 0.25) is 0 Å². The van der Waals surface area contributed by atoms with E-state index in [0.29, 0.717) is 13.2 Å². The number of nitrogens with zero attached hydrogens (tertiary/aromatic N) is 1. The highest BCUT2D eigenvalue weighted by molar-refractivity contribution is 8.76. The van der Waals surface area contributed by atoms with Gasteiger partial charge in [0, 0.05) is 18.5 Å². The van der Waals surface area contributed by atoms with Crippen molar-refractivity contribution in [3.05, 3.63) is 23.9 Å². The Morgan fingerprint density at radius 1 is 1.17 bits per heavy atom. The van der Waals surface area contributed by atoms with Crippen LogP contribution in [0.2, 0.25) is 0 Å². The molecule has 0 aliphatic heterocycles. The number of pyridine rings is 1. The standard InChI is InChI=1S/C18H30N2O2S2/c1-3-4-5-6-7-8-12-19-18(21)22-13-9-14-23-24-17-11-10-16(2)15-20-17/h10-11,15H,3-9,12-14H2,1-2H3,(H,19,21). The Hall–Kier alpha value is -0.880. The molecule has 0 aliphatic rings. The van der Waals surface area contributed by atoms with Crippen molar-refractivity contribution in [3.8, 4) is 0 Å². The summed E-state index contributed by atoms with van der Waals surface area (Å²) in [6.07, 6.45) is 9.80. The van der Waals surface area contributed by atoms with Crippen molar-refractivity contribution in [3.63, 3.8) is 0 Å². The number of hydrogen-bond acceptors (Lipinski definition) is 5. The molecule has 0 saturated carbocycles. The molecule has 0 fully saturated rings. The fraction of sp³-hybridized carbons (Fsp3) is 0.667. The Kier molecular flexibility index (Phi) is 12.8. The summed E-state index contributed by atoms with van der Waals surface area (Å²) < 4.78 is 5.17. The lowest BCUT2D eigenvalue weighted by Crippen LogP contribution is -2.25. The van der Waals surface area contributed by atoms with Crippen LogP contribution in [0.25, 0.3) is 0 Å². The minimum Gasteiger partial charge on any atom is -0.450 e. The zero-order valence-corrected chi connectivity index (χ0v) is 16.5. The van der Waals surface area contributed by atoms with E-state index in [0.717, 1.165) is 23.6 Å². The van der Waals surface area contributed by atoms with Crippen LogP contribution in [0, 0.1) is 6.92 Å². The van der Waals surface area contributed by atoms with Crippen molar-refractivity contribution in [1.82, 2.24) is 10.3 Å². The van der Waals surface area contributed by atoms with E-state index in [4.69, 9.17) is 4.74 Å². The first-order valence-electron chi connectivity index (χ1n) is 8.85. The number of hydrogen-bond donors (Lipinski definition) is 1. The normalized spacial score (nSPS) is 10.6. The van der Waals surface area contributed by atoms with Gasteiger partial charge in [-0.3, -0.25) is 0 Å². The Bertz CT molecular complexity index is 441. The number of ether oxygens (including phenoxy) is 1. The van der Waals surface area contributed by atoms with Gasteiger partial charge in [-0.1, -0.05) is 55.9 Å². The third-order valence-electron chi connectivity index (χ3n) is 3.43. The second-order valence-corrected chi connectivity index (χ2v) is 8.20. The molecule has 1 amide bonds. The first-order valence-corrected chi connectivity index (χ1v) is 11.2. The summed E-state index contributed by atoms with van der Waals surface area (Å²) in [7, 11) is 3.40. The molecule has 1 aromatic rings. The fourth-order valence-electron chi connectivity index (χ4n) is 2.04. The van der Waals surface area contributed by atoms with Crippen LogP contribution in [0.4, 0.5) is 4.79 Å². The zero-order chi connectivity index (χ0) is 17.5. The summed E-state index contributed by atoms with van der Waals surface area (Å²) in [5.41, 5.74) is 1.17. The number of amides is 1. The molecule has 4 nitrogen and oxygen atoms in total. The minimum atomic E-state index is -0.290. The fourth-order valence-corrected chi connectivity index (χ4v) is 3.96. The van der Waals surface area contributed by atoms with Crippen LogP contribution in [0.1, 0.15) is 57.4 Å². The minimum absolute atomic E-state index is 0.290. The van der Waals surface area contributed by atoms with Gasteiger partial charge in [0.05, 0.1) is 6.61 Å². The van der Waals surface area contributed by atoms with E-state index in [9.17, 15) is 4.79 Å². The van der Waals surface area contributed by atoms with Crippen LogP contribution in [0.15, 0.2) is 23.4 Å². The maximum absolute atomic E-state index is 11.5. The molecule has 0 radical (unpaired) electrons. The van der Waals surface area contributed by atoms with Gasteiger partial charge >= 0.3 is 6.09 Å². The Morgan fingerprint density at radius 3 is 2.71 bits per heavy atom. The molecule has 1 heterocycles. The predicted molar refractivity (Wildman–Crippen MR) is 105 cm³/mol. The summed E-state index contributed by atoms with van der Waals surface area (Å²) in [5, 5.41) is 3.83. The van der Waals surface area contributed by atoms with Gasteiger partial charge in [-0.25, -0.2) is 9.78 Å². The number of nitrogens with one attached hydrogen (secondary N) is 1. The van der Waals surface area contributed by atoms with E-state index in [1.54, 1.807) is 21.6 Å². The second-order valence-electron chi connectivity index (χ2n) is 5.76. The SMILES string of the molecule is CCCCCCCCNC(=O)OCCCSSc1ccc(C)cn1. The van der Waals surface area contributed by atoms with Crippen LogP contribution >= 0.6 is 21.6 Å². The van der Waals surface area contributed by atoms with Gasteiger partial charge in [0.15, 0.2) is 0 Å². The number of aryl methyl sites for hydroxylation is 1. The topological polar surface area (TPSA) is 51.2 Å². The average Bonchev–Trinajstić information content (AvgIpc) is 2.58. The molecule has 0 bridgehead atoms. The van der Waals surface area contributed by atoms with Crippen molar-refractivity contribution in [2.75, 3.05) is 18.9 Å². The molecule has 1 rings (SSSR count). The van der Waals surface area contributed by atoms with E-state index >= 15 is 0 Å². The van der Waals surface area contributed by atoms with Gasteiger partial charge in [0.1, 0.15) is 5.03 Å².